The van der Waals surface area contributed by atoms with Crippen LogP contribution in [0.2, 0.25) is 0 Å². The van der Waals surface area contributed by atoms with Gasteiger partial charge in [0.2, 0.25) is 0 Å². The molecule has 1 aromatic rings. The molecule has 5 heteroatoms. The Labute approximate surface area is 143 Å². The normalized spacial score (nSPS) is 23.8. The summed E-state index contributed by atoms with van der Waals surface area (Å²) in [5.74, 6) is 1.57. The fraction of sp³-hybridized carbons (Fsp3) is 0.526. The number of urea groups is 1. The number of aliphatic hydroxyl groups excluding tert-OH is 1. The quantitative estimate of drug-likeness (QED) is 0.672. The number of carbonyl (C=O) groups is 1. The second-order valence-corrected chi connectivity index (χ2v) is 6.79. The third-order valence-electron chi connectivity index (χ3n) is 4.82. The molecule has 0 saturated heterocycles. The monoisotopic (exact) mass is 330 g/mol. The van der Waals surface area contributed by atoms with Crippen molar-refractivity contribution >= 4 is 6.03 Å². The van der Waals surface area contributed by atoms with Crippen molar-refractivity contribution in [2.45, 2.75) is 37.8 Å². The van der Waals surface area contributed by atoms with Crippen molar-refractivity contribution in [3.8, 4) is 5.75 Å². The van der Waals surface area contributed by atoms with Crippen molar-refractivity contribution in [3.05, 3.63) is 42.0 Å². The van der Waals surface area contributed by atoms with Gasteiger partial charge in [-0.05, 0) is 49.3 Å². The van der Waals surface area contributed by atoms with Gasteiger partial charge in [-0.15, -0.1) is 0 Å². The molecule has 2 aliphatic carbocycles. The van der Waals surface area contributed by atoms with Crippen molar-refractivity contribution in [1.82, 2.24) is 10.6 Å². The Hall–Kier alpha value is -2.01. The summed E-state index contributed by atoms with van der Waals surface area (Å²) < 4.78 is 5.28. The average Bonchev–Trinajstić information content (AvgIpc) is 3.34. The van der Waals surface area contributed by atoms with Gasteiger partial charge < -0.3 is 20.5 Å². The first-order valence-corrected chi connectivity index (χ1v) is 8.67. The van der Waals surface area contributed by atoms with Crippen molar-refractivity contribution < 1.29 is 14.6 Å². The molecule has 3 atom stereocenters. The summed E-state index contributed by atoms with van der Waals surface area (Å²) in [4.78, 5) is 12.3. The SMILES string of the molecule is COc1cccc(CC(NC(=O)N[C@@H]2C=C[C@H](CO)C2)C2CC2)c1. The Morgan fingerprint density at radius 2 is 2.21 bits per heavy atom. The Morgan fingerprint density at radius 1 is 1.38 bits per heavy atom. The van der Waals surface area contributed by atoms with E-state index in [1.165, 1.54) is 18.4 Å². The molecule has 1 fully saturated rings. The standard InChI is InChI=1S/C19H26N2O3/c1-24-17-4-2-3-13(10-17)11-18(15-6-7-15)21-19(23)20-16-8-5-14(9-16)12-22/h2-5,8,10,14-16,18,22H,6-7,9,11-12H2,1H3,(H2,20,21,23)/t14-,16+,18?/m0/s1. The van der Waals surface area contributed by atoms with Gasteiger partial charge >= 0.3 is 6.03 Å². The van der Waals surface area contributed by atoms with Crippen LogP contribution in [0.4, 0.5) is 4.79 Å². The number of carbonyl (C=O) groups excluding carboxylic acids is 1. The molecule has 2 amide bonds. The van der Waals surface area contributed by atoms with Crippen molar-refractivity contribution in [1.29, 1.82) is 0 Å². The number of amides is 2. The van der Waals surface area contributed by atoms with Gasteiger partial charge in [-0.25, -0.2) is 4.79 Å². The minimum atomic E-state index is -0.122. The lowest BCUT2D eigenvalue weighted by Crippen LogP contribution is -2.47. The fourth-order valence-corrected chi connectivity index (χ4v) is 3.28. The first-order valence-electron chi connectivity index (χ1n) is 8.67. The fourth-order valence-electron chi connectivity index (χ4n) is 3.28. The van der Waals surface area contributed by atoms with Gasteiger partial charge in [0, 0.05) is 24.6 Å². The molecule has 5 nitrogen and oxygen atoms in total. The lowest BCUT2D eigenvalue weighted by molar-refractivity contribution is 0.227. The molecule has 24 heavy (non-hydrogen) atoms. The molecular formula is C19H26N2O3. The van der Waals surface area contributed by atoms with Crippen molar-refractivity contribution in [2.24, 2.45) is 11.8 Å². The van der Waals surface area contributed by atoms with Gasteiger partial charge in [-0.1, -0.05) is 24.3 Å². The first kappa shape index (κ1) is 16.8. The topological polar surface area (TPSA) is 70.6 Å². The maximum absolute atomic E-state index is 12.3. The molecule has 2 aliphatic rings. The predicted octanol–water partition coefficient (Wildman–Crippen LogP) is 2.25. The van der Waals surface area contributed by atoms with Crippen LogP contribution in [0.25, 0.3) is 0 Å². The van der Waals surface area contributed by atoms with Crippen LogP contribution in [-0.2, 0) is 6.42 Å². The number of hydrogen-bond acceptors (Lipinski definition) is 3. The average molecular weight is 330 g/mol. The molecule has 0 radical (unpaired) electrons. The molecule has 1 unspecified atom stereocenters. The lowest BCUT2D eigenvalue weighted by Gasteiger charge is -2.21. The summed E-state index contributed by atoms with van der Waals surface area (Å²) in [5.41, 5.74) is 1.17. The number of benzene rings is 1. The Bertz CT molecular complexity index is 598. The highest BCUT2D eigenvalue weighted by Gasteiger charge is 2.33. The lowest BCUT2D eigenvalue weighted by atomic mass is 10.0. The van der Waals surface area contributed by atoms with Gasteiger partial charge in [-0.2, -0.15) is 0 Å². The second-order valence-electron chi connectivity index (χ2n) is 6.79. The van der Waals surface area contributed by atoms with E-state index in [1.54, 1.807) is 7.11 Å². The van der Waals surface area contributed by atoms with Crippen LogP contribution in [0.5, 0.6) is 5.75 Å². The summed E-state index contributed by atoms with van der Waals surface area (Å²) in [6.45, 7) is 0.136. The first-order chi connectivity index (χ1) is 11.7. The van der Waals surface area contributed by atoms with Gasteiger partial charge in [0.25, 0.3) is 0 Å². The molecule has 3 rings (SSSR count). The smallest absolute Gasteiger partial charge is 0.315 e. The number of nitrogens with one attached hydrogen (secondary N) is 2. The highest BCUT2D eigenvalue weighted by atomic mass is 16.5. The maximum atomic E-state index is 12.3. The second kappa shape index (κ2) is 7.71. The zero-order valence-electron chi connectivity index (χ0n) is 14.1. The number of hydrogen-bond donors (Lipinski definition) is 3. The number of ether oxygens (including phenoxy) is 1. The van der Waals surface area contributed by atoms with E-state index < -0.39 is 0 Å². The molecule has 0 aliphatic heterocycles. The summed E-state index contributed by atoms with van der Waals surface area (Å²) in [7, 11) is 1.66. The number of methoxy groups -OCH3 is 1. The van der Waals surface area contributed by atoms with E-state index in [9.17, 15) is 4.79 Å². The molecule has 0 spiro atoms. The van der Waals surface area contributed by atoms with Crippen LogP contribution in [0, 0.1) is 11.8 Å². The van der Waals surface area contributed by atoms with E-state index in [0.29, 0.717) is 5.92 Å². The van der Waals surface area contributed by atoms with Gasteiger partial charge in [0.1, 0.15) is 5.75 Å². The van der Waals surface area contributed by atoms with Crippen molar-refractivity contribution in [2.75, 3.05) is 13.7 Å². The van der Waals surface area contributed by atoms with E-state index >= 15 is 0 Å². The molecular weight excluding hydrogens is 304 g/mol. The summed E-state index contributed by atoms with van der Waals surface area (Å²) >= 11 is 0. The van der Waals surface area contributed by atoms with Crippen LogP contribution in [-0.4, -0.2) is 36.9 Å². The zero-order valence-corrected chi connectivity index (χ0v) is 14.1. The van der Waals surface area contributed by atoms with Crippen LogP contribution < -0.4 is 15.4 Å². The zero-order chi connectivity index (χ0) is 16.9. The summed E-state index contributed by atoms with van der Waals surface area (Å²) in [6, 6.07) is 8.05. The summed E-state index contributed by atoms with van der Waals surface area (Å²) in [5, 5.41) is 15.3. The molecule has 1 saturated carbocycles. The van der Waals surface area contributed by atoms with Crippen LogP contribution in [0.15, 0.2) is 36.4 Å². The van der Waals surface area contributed by atoms with Crippen LogP contribution >= 0.6 is 0 Å². The Kier molecular flexibility index (Phi) is 5.41. The van der Waals surface area contributed by atoms with E-state index in [1.807, 2.05) is 30.4 Å². The molecule has 0 bridgehead atoms. The Morgan fingerprint density at radius 3 is 2.88 bits per heavy atom. The van der Waals surface area contributed by atoms with Gasteiger partial charge in [0.05, 0.1) is 7.11 Å². The summed E-state index contributed by atoms with van der Waals surface area (Å²) in [6.07, 6.45) is 7.87. The van der Waals surface area contributed by atoms with E-state index in [2.05, 4.69) is 16.7 Å². The predicted molar refractivity (Wildman–Crippen MR) is 93.0 cm³/mol. The van der Waals surface area contributed by atoms with Crippen molar-refractivity contribution in [3.63, 3.8) is 0 Å². The highest BCUT2D eigenvalue weighted by Crippen LogP contribution is 2.34. The largest absolute Gasteiger partial charge is 0.497 e. The molecule has 0 aromatic heterocycles. The third-order valence-corrected chi connectivity index (χ3v) is 4.82. The minimum Gasteiger partial charge on any atom is -0.497 e. The van der Waals surface area contributed by atoms with Crippen LogP contribution in [0.1, 0.15) is 24.8 Å². The highest BCUT2D eigenvalue weighted by molar-refractivity contribution is 5.75. The molecule has 3 N–H and O–H groups in total. The molecule has 130 valence electrons. The van der Waals surface area contributed by atoms with Crippen LogP contribution in [0.3, 0.4) is 0 Å². The van der Waals surface area contributed by atoms with Gasteiger partial charge in [0.15, 0.2) is 0 Å². The number of aliphatic hydroxyl groups is 1. The molecule has 1 aromatic carbocycles. The molecule has 0 heterocycles. The third kappa shape index (κ3) is 4.51. The van der Waals surface area contributed by atoms with E-state index in [4.69, 9.17) is 9.84 Å². The van der Waals surface area contributed by atoms with E-state index in [-0.39, 0.29) is 30.6 Å². The maximum Gasteiger partial charge on any atom is 0.315 e. The number of rotatable bonds is 7. The minimum absolute atomic E-state index is 0.0128. The van der Waals surface area contributed by atoms with Gasteiger partial charge in [-0.3, -0.25) is 0 Å². The van der Waals surface area contributed by atoms with E-state index in [0.717, 1.165) is 18.6 Å². The Balaban J connectivity index is 1.54.